The molecule has 2 amide bonds. The minimum Gasteiger partial charge on any atom is -0.435 e. The Morgan fingerprint density at radius 3 is 2.57 bits per heavy atom. The molecule has 0 aliphatic carbocycles. The zero-order chi connectivity index (χ0) is 19.9. The largest absolute Gasteiger partial charge is 0.435 e. The van der Waals surface area contributed by atoms with E-state index in [4.69, 9.17) is 0 Å². The van der Waals surface area contributed by atoms with Gasteiger partial charge in [0.15, 0.2) is 0 Å². The Kier molecular flexibility index (Phi) is 6.81. The SMILES string of the molecule is CCN(C(=O)Nc1ccc(OC(F)F)cc1)C1CCN(Cc2ccccc2)C1. The van der Waals surface area contributed by atoms with Crippen LogP contribution in [0.5, 0.6) is 5.75 Å². The molecule has 1 saturated heterocycles. The van der Waals surface area contributed by atoms with Gasteiger partial charge in [0, 0.05) is 37.9 Å². The fourth-order valence-corrected chi connectivity index (χ4v) is 3.53. The number of halogens is 2. The van der Waals surface area contributed by atoms with Crippen LogP contribution in [0.3, 0.4) is 0 Å². The van der Waals surface area contributed by atoms with Crippen molar-refractivity contribution in [3.63, 3.8) is 0 Å². The van der Waals surface area contributed by atoms with E-state index in [0.29, 0.717) is 12.2 Å². The predicted molar refractivity (Wildman–Crippen MR) is 105 cm³/mol. The highest BCUT2D eigenvalue weighted by atomic mass is 19.3. The highest BCUT2D eigenvalue weighted by molar-refractivity contribution is 5.89. The van der Waals surface area contributed by atoms with Gasteiger partial charge in [-0.2, -0.15) is 8.78 Å². The van der Waals surface area contributed by atoms with Crippen LogP contribution in [0.25, 0.3) is 0 Å². The van der Waals surface area contributed by atoms with E-state index in [2.05, 4.69) is 27.1 Å². The smallest absolute Gasteiger partial charge is 0.387 e. The summed E-state index contributed by atoms with van der Waals surface area (Å²) in [6.07, 6.45) is 0.926. The third-order valence-electron chi connectivity index (χ3n) is 4.87. The molecule has 1 heterocycles. The lowest BCUT2D eigenvalue weighted by Gasteiger charge is -2.28. The van der Waals surface area contributed by atoms with E-state index in [0.717, 1.165) is 26.1 Å². The van der Waals surface area contributed by atoms with Crippen LogP contribution >= 0.6 is 0 Å². The maximum absolute atomic E-state index is 12.7. The van der Waals surface area contributed by atoms with Crippen LogP contribution in [0, 0.1) is 0 Å². The number of nitrogens with zero attached hydrogens (tertiary/aromatic N) is 2. The summed E-state index contributed by atoms with van der Waals surface area (Å²) < 4.78 is 28.8. The van der Waals surface area contributed by atoms with E-state index < -0.39 is 6.61 Å². The number of amides is 2. The molecule has 1 unspecified atom stereocenters. The summed E-state index contributed by atoms with van der Waals surface area (Å²) in [6, 6.07) is 16.2. The molecule has 1 N–H and O–H groups in total. The Morgan fingerprint density at radius 1 is 1.21 bits per heavy atom. The molecule has 1 fully saturated rings. The maximum atomic E-state index is 12.7. The van der Waals surface area contributed by atoms with Gasteiger partial charge < -0.3 is 15.0 Å². The Bertz CT molecular complexity index is 756. The molecule has 0 aromatic heterocycles. The number of ether oxygens (including phenoxy) is 1. The molecule has 0 saturated carbocycles. The Labute approximate surface area is 163 Å². The first kappa shape index (κ1) is 20.1. The zero-order valence-corrected chi connectivity index (χ0v) is 15.9. The monoisotopic (exact) mass is 389 g/mol. The molecule has 3 rings (SSSR count). The van der Waals surface area contributed by atoms with Crippen LogP contribution in [0.1, 0.15) is 18.9 Å². The van der Waals surface area contributed by atoms with E-state index in [-0.39, 0.29) is 17.8 Å². The summed E-state index contributed by atoms with van der Waals surface area (Å²) >= 11 is 0. The lowest BCUT2D eigenvalue weighted by Crippen LogP contribution is -2.44. The third-order valence-corrected chi connectivity index (χ3v) is 4.87. The normalized spacial score (nSPS) is 16.9. The fraction of sp³-hybridized carbons (Fsp3) is 0.381. The van der Waals surface area contributed by atoms with E-state index in [1.807, 2.05) is 30.0 Å². The predicted octanol–water partition coefficient (Wildman–Crippen LogP) is 4.42. The molecular weight excluding hydrogens is 364 g/mol. The number of carbonyl (C=O) groups is 1. The van der Waals surface area contributed by atoms with Gasteiger partial charge >= 0.3 is 12.6 Å². The van der Waals surface area contributed by atoms with E-state index in [1.165, 1.54) is 17.7 Å². The van der Waals surface area contributed by atoms with Crippen LogP contribution in [0.15, 0.2) is 54.6 Å². The second-order valence-electron chi connectivity index (χ2n) is 6.78. The number of alkyl halides is 2. The summed E-state index contributed by atoms with van der Waals surface area (Å²) in [7, 11) is 0. The minimum atomic E-state index is -2.86. The lowest BCUT2D eigenvalue weighted by atomic mass is 10.2. The molecule has 28 heavy (non-hydrogen) atoms. The second-order valence-corrected chi connectivity index (χ2v) is 6.78. The van der Waals surface area contributed by atoms with Crippen LogP contribution in [-0.4, -0.2) is 48.1 Å². The molecule has 1 aliphatic heterocycles. The highest BCUT2D eigenvalue weighted by Crippen LogP contribution is 2.21. The van der Waals surface area contributed by atoms with Crippen molar-refractivity contribution in [3.05, 3.63) is 60.2 Å². The molecule has 0 radical (unpaired) electrons. The number of anilines is 1. The average Bonchev–Trinajstić information content (AvgIpc) is 3.12. The minimum absolute atomic E-state index is 0.0627. The topological polar surface area (TPSA) is 44.8 Å². The van der Waals surface area contributed by atoms with Crippen molar-refractivity contribution in [2.45, 2.75) is 32.5 Å². The van der Waals surface area contributed by atoms with Crippen LogP contribution < -0.4 is 10.1 Å². The summed E-state index contributed by atoms with van der Waals surface area (Å²) in [5.74, 6) is 0.0627. The number of carbonyl (C=O) groups excluding carboxylic acids is 1. The molecule has 150 valence electrons. The summed E-state index contributed by atoms with van der Waals surface area (Å²) in [5.41, 5.74) is 1.81. The Hall–Kier alpha value is -2.67. The maximum Gasteiger partial charge on any atom is 0.387 e. The number of hydrogen-bond acceptors (Lipinski definition) is 3. The molecular formula is C21H25F2N3O2. The van der Waals surface area contributed by atoms with Crippen molar-refractivity contribution < 1.29 is 18.3 Å². The molecule has 7 heteroatoms. The van der Waals surface area contributed by atoms with E-state index in [9.17, 15) is 13.6 Å². The summed E-state index contributed by atoms with van der Waals surface area (Å²) in [5, 5.41) is 2.84. The standard InChI is InChI=1S/C21H25F2N3O2/c1-2-26(18-12-13-25(15-18)14-16-6-4-3-5-7-16)21(27)24-17-8-10-19(11-9-17)28-20(22)23/h3-11,18,20H,2,12-15H2,1H3,(H,24,27). The van der Waals surface area contributed by atoms with Crippen LogP contribution in [0.2, 0.25) is 0 Å². The van der Waals surface area contributed by atoms with E-state index >= 15 is 0 Å². The van der Waals surface area contributed by atoms with Crippen molar-refractivity contribution in [3.8, 4) is 5.75 Å². The van der Waals surface area contributed by atoms with Gasteiger partial charge in [-0.25, -0.2) is 4.79 Å². The molecule has 1 aliphatic rings. The Morgan fingerprint density at radius 2 is 1.93 bits per heavy atom. The number of likely N-dealkylation sites (N-methyl/N-ethyl adjacent to an activating group) is 1. The van der Waals surface area contributed by atoms with Gasteiger partial charge in [-0.15, -0.1) is 0 Å². The third kappa shape index (κ3) is 5.42. The number of benzene rings is 2. The van der Waals surface area contributed by atoms with Gasteiger partial charge in [-0.05, 0) is 43.2 Å². The van der Waals surface area contributed by atoms with Gasteiger partial charge in [0.05, 0.1) is 0 Å². The highest BCUT2D eigenvalue weighted by Gasteiger charge is 2.29. The van der Waals surface area contributed by atoms with Gasteiger partial charge in [0.2, 0.25) is 0 Å². The first-order chi connectivity index (χ1) is 13.5. The number of nitrogens with one attached hydrogen (secondary N) is 1. The van der Waals surface area contributed by atoms with Crippen molar-refractivity contribution in [1.82, 2.24) is 9.80 Å². The van der Waals surface area contributed by atoms with Gasteiger partial charge in [0.1, 0.15) is 5.75 Å². The Balaban J connectivity index is 1.55. The summed E-state index contributed by atoms with van der Waals surface area (Å²) in [6.45, 7) is 2.35. The summed E-state index contributed by atoms with van der Waals surface area (Å²) in [4.78, 5) is 16.9. The van der Waals surface area contributed by atoms with E-state index in [1.54, 1.807) is 12.1 Å². The second kappa shape index (κ2) is 9.50. The molecule has 0 spiro atoms. The fourth-order valence-electron chi connectivity index (χ4n) is 3.53. The molecule has 5 nitrogen and oxygen atoms in total. The number of hydrogen-bond donors (Lipinski definition) is 1. The molecule has 0 bridgehead atoms. The van der Waals surface area contributed by atoms with Crippen LogP contribution in [-0.2, 0) is 6.54 Å². The quantitative estimate of drug-likeness (QED) is 0.763. The van der Waals surface area contributed by atoms with Crippen molar-refractivity contribution in [2.24, 2.45) is 0 Å². The van der Waals surface area contributed by atoms with Crippen molar-refractivity contribution >= 4 is 11.7 Å². The van der Waals surface area contributed by atoms with Gasteiger partial charge in [0.25, 0.3) is 0 Å². The molecule has 1 atom stereocenters. The number of likely N-dealkylation sites (tertiary alicyclic amines) is 1. The first-order valence-electron chi connectivity index (χ1n) is 9.44. The first-order valence-corrected chi connectivity index (χ1v) is 9.44. The van der Waals surface area contributed by atoms with Gasteiger partial charge in [-0.1, -0.05) is 30.3 Å². The number of rotatable bonds is 7. The van der Waals surface area contributed by atoms with Crippen LogP contribution in [0.4, 0.5) is 19.3 Å². The number of urea groups is 1. The van der Waals surface area contributed by atoms with Crippen molar-refractivity contribution in [1.29, 1.82) is 0 Å². The van der Waals surface area contributed by atoms with Crippen molar-refractivity contribution in [2.75, 3.05) is 25.0 Å². The van der Waals surface area contributed by atoms with Gasteiger partial charge in [-0.3, -0.25) is 4.90 Å². The zero-order valence-electron chi connectivity index (χ0n) is 15.9. The lowest BCUT2D eigenvalue weighted by molar-refractivity contribution is -0.0498. The molecule has 2 aromatic rings. The molecule has 2 aromatic carbocycles. The average molecular weight is 389 g/mol.